The number of carboxylic acids is 2. The van der Waals surface area contributed by atoms with Crippen LogP contribution in [0.3, 0.4) is 0 Å². The molecule has 0 aliphatic rings. The van der Waals surface area contributed by atoms with Gasteiger partial charge < -0.3 is 60.3 Å². The third-order valence-electron chi connectivity index (χ3n) is 8.47. The van der Waals surface area contributed by atoms with Gasteiger partial charge in [0.1, 0.15) is 57.2 Å². The van der Waals surface area contributed by atoms with Crippen molar-refractivity contribution in [2.75, 3.05) is 24.9 Å². The molecule has 6 rings (SSSR count). The van der Waals surface area contributed by atoms with E-state index in [4.69, 9.17) is 28.5 Å². The molecule has 0 unspecified atom stereocenters. The van der Waals surface area contributed by atoms with Crippen molar-refractivity contribution < 1.29 is 68.9 Å². The average Bonchev–Trinajstić information content (AvgIpc) is 3.76. The Labute approximate surface area is 331 Å². The van der Waals surface area contributed by atoms with Crippen molar-refractivity contribution in [1.29, 1.82) is 0 Å². The van der Waals surface area contributed by atoms with E-state index < -0.39 is 11.9 Å². The van der Waals surface area contributed by atoms with E-state index in [0.717, 1.165) is 11.1 Å². The number of aromatic carboxylic acids is 2. The van der Waals surface area contributed by atoms with Crippen molar-refractivity contribution >= 4 is 35.1 Å². The zero-order valence-corrected chi connectivity index (χ0v) is 31.7. The highest BCUT2D eigenvalue weighted by atomic mass is 16.5. The number of furan rings is 2. The normalized spacial score (nSPS) is 10.1. The summed E-state index contributed by atoms with van der Waals surface area (Å²) < 4.78 is 21.5. The Hall–Kier alpha value is -7.56. The monoisotopic (exact) mass is 798 g/mol. The smallest absolute Gasteiger partial charge is 0.339 e. The first kappa shape index (κ1) is 44.8. The van der Waals surface area contributed by atoms with Crippen LogP contribution < -0.4 is 20.1 Å². The Bertz CT molecular complexity index is 2380. The van der Waals surface area contributed by atoms with Crippen LogP contribution in [-0.2, 0) is 22.4 Å². The SMILES string of the molecule is COc1ccc(CC(=O)Nc2ccc(-c3cc(C(=O)O)c(C)o3)cc2)c(OC)c1.Cc1oc(-c2ccc(NC(=O)Cc3ccc(O)cc3O)cc2)cc1C(=O)O.O.O. The minimum absolute atomic E-state index is 0. The highest BCUT2D eigenvalue weighted by molar-refractivity contribution is 5.94. The van der Waals surface area contributed by atoms with E-state index in [-0.39, 0.29) is 58.2 Å². The fourth-order valence-corrected chi connectivity index (χ4v) is 5.56. The van der Waals surface area contributed by atoms with Gasteiger partial charge in [-0.05, 0) is 86.6 Å². The summed E-state index contributed by atoms with van der Waals surface area (Å²) in [5, 5.41) is 42.8. The van der Waals surface area contributed by atoms with E-state index in [1.807, 2.05) is 0 Å². The van der Waals surface area contributed by atoms with Crippen molar-refractivity contribution in [3.8, 4) is 45.6 Å². The predicted octanol–water partition coefficient (Wildman–Crippen LogP) is 6.05. The zero-order chi connectivity index (χ0) is 40.5. The van der Waals surface area contributed by atoms with Gasteiger partial charge in [-0.25, -0.2) is 9.59 Å². The largest absolute Gasteiger partial charge is 0.508 e. The summed E-state index contributed by atoms with van der Waals surface area (Å²) in [6.45, 7) is 3.19. The van der Waals surface area contributed by atoms with Crippen LogP contribution >= 0.6 is 0 Å². The summed E-state index contributed by atoms with van der Waals surface area (Å²) in [5.74, 6) is -0.0416. The Kier molecular flexibility index (Phi) is 15.3. The predicted molar refractivity (Wildman–Crippen MR) is 213 cm³/mol. The van der Waals surface area contributed by atoms with Crippen LogP contribution in [0.5, 0.6) is 23.0 Å². The topological polar surface area (TPSA) is 281 Å². The Balaban J connectivity index is 0.000000301. The molecule has 0 fully saturated rings. The molecule has 0 saturated heterocycles. The van der Waals surface area contributed by atoms with Crippen LogP contribution in [-0.4, -0.2) is 69.4 Å². The number of amides is 2. The summed E-state index contributed by atoms with van der Waals surface area (Å²) in [6, 6.07) is 26.0. The lowest BCUT2D eigenvalue weighted by atomic mass is 10.1. The number of aryl methyl sites for hydroxylation is 2. The van der Waals surface area contributed by atoms with Gasteiger partial charge >= 0.3 is 11.9 Å². The minimum atomic E-state index is -1.05. The Morgan fingerprint density at radius 1 is 0.586 bits per heavy atom. The number of phenols is 2. The van der Waals surface area contributed by atoms with E-state index in [9.17, 15) is 29.4 Å². The third-order valence-corrected chi connectivity index (χ3v) is 8.47. The number of ether oxygens (including phenoxy) is 2. The maximum atomic E-state index is 12.4. The van der Waals surface area contributed by atoms with Crippen LogP contribution in [0.2, 0.25) is 0 Å². The molecule has 6 aromatic rings. The second-order valence-electron chi connectivity index (χ2n) is 12.4. The van der Waals surface area contributed by atoms with Gasteiger partial charge in [0.25, 0.3) is 0 Å². The van der Waals surface area contributed by atoms with Crippen LogP contribution in [0.15, 0.2) is 106 Å². The lowest BCUT2D eigenvalue weighted by molar-refractivity contribution is -0.116. The summed E-state index contributed by atoms with van der Waals surface area (Å²) in [5.41, 5.74) is 3.94. The van der Waals surface area contributed by atoms with Crippen molar-refractivity contribution in [2.45, 2.75) is 26.7 Å². The number of carbonyl (C=O) groups excluding carboxylic acids is 2. The molecule has 2 aromatic heterocycles. The molecule has 4 aromatic carbocycles. The second-order valence-corrected chi connectivity index (χ2v) is 12.4. The van der Waals surface area contributed by atoms with E-state index in [1.54, 1.807) is 94.8 Å². The van der Waals surface area contributed by atoms with Gasteiger partial charge in [0.15, 0.2) is 0 Å². The minimum Gasteiger partial charge on any atom is -0.508 e. The number of phenolic OH excluding ortho intramolecular Hbond substituents is 2. The molecular weight excluding hydrogens is 756 g/mol. The molecule has 2 amide bonds. The van der Waals surface area contributed by atoms with Gasteiger partial charge in [0.2, 0.25) is 11.8 Å². The fourth-order valence-electron chi connectivity index (χ4n) is 5.56. The van der Waals surface area contributed by atoms with Crippen molar-refractivity contribution in [2.24, 2.45) is 0 Å². The molecular formula is C42H42N2O14. The van der Waals surface area contributed by atoms with E-state index in [1.165, 1.54) is 30.3 Å². The highest BCUT2D eigenvalue weighted by Gasteiger charge is 2.17. The Morgan fingerprint density at radius 2 is 1.03 bits per heavy atom. The van der Waals surface area contributed by atoms with Gasteiger partial charge in [-0.15, -0.1) is 0 Å². The standard InChI is InChI=1S/C22H21NO6.C20H17NO6.2H2O/c1-13-18(22(25)26)12-20(29-13)14-4-7-16(8-5-14)23-21(24)10-15-6-9-17(27-2)11-19(15)28-3;1-11-16(20(25)26)10-18(27-11)12-2-5-14(6-3-12)21-19(24)8-13-4-7-15(22)9-17(13)23;;/h4-9,11-12H,10H2,1-3H3,(H,23,24)(H,25,26);2-7,9-10,22-23H,8H2,1H3,(H,21,24)(H,25,26);2*1H2. The van der Waals surface area contributed by atoms with Crippen molar-refractivity contribution in [3.05, 3.63) is 131 Å². The molecule has 0 saturated carbocycles. The number of carboxylic acid groups (broad SMARTS) is 2. The van der Waals surface area contributed by atoms with E-state index in [0.29, 0.717) is 57.0 Å². The number of benzene rings is 4. The first-order valence-corrected chi connectivity index (χ1v) is 16.9. The molecule has 0 radical (unpaired) electrons. The van der Waals surface area contributed by atoms with Gasteiger partial charge in [0.05, 0.1) is 27.1 Å². The molecule has 0 aliphatic heterocycles. The highest BCUT2D eigenvalue weighted by Crippen LogP contribution is 2.29. The lowest BCUT2D eigenvalue weighted by Crippen LogP contribution is -2.14. The first-order chi connectivity index (χ1) is 26.7. The van der Waals surface area contributed by atoms with Gasteiger partial charge in [0, 0.05) is 45.8 Å². The van der Waals surface area contributed by atoms with Gasteiger partial charge in [-0.1, -0.05) is 12.1 Å². The van der Waals surface area contributed by atoms with E-state index in [2.05, 4.69) is 10.6 Å². The lowest BCUT2D eigenvalue weighted by Gasteiger charge is -2.11. The summed E-state index contributed by atoms with van der Waals surface area (Å²) in [4.78, 5) is 46.8. The summed E-state index contributed by atoms with van der Waals surface area (Å²) in [6.07, 6.45) is 0.0987. The zero-order valence-electron chi connectivity index (χ0n) is 31.7. The molecule has 16 heteroatoms. The van der Waals surface area contributed by atoms with Crippen LogP contribution in [0.25, 0.3) is 22.6 Å². The summed E-state index contributed by atoms with van der Waals surface area (Å²) in [7, 11) is 3.11. The molecule has 58 heavy (non-hydrogen) atoms. The molecule has 0 atom stereocenters. The second kappa shape index (κ2) is 19.9. The van der Waals surface area contributed by atoms with Crippen molar-refractivity contribution in [3.63, 3.8) is 0 Å². The van der Waals surface area contributed by atoms with Crippen LogP contribution in [0.4, 0.5) is 11.4 Å². The third kappa shape index (κ3) is 11.2. The molecule has 304 valence electrons. The number of nitrogens with one attached hydrogen (secondary N) is 2. The fraction of sp³-hybridized carbons (Fsp3) is 0.143. The number of carbonyl (C=O) groups is 4. The average molecular weight is 799 g/mol. The van der Waals surface area contributed by atoms with Crippen molar-refractivity contribution in [1.82, 2.24) is 0 Å². The van der Waals surface area contributed by atoms with Crippen LogP contribution in [0.1, 0.15) is 43.4 Å². The molecule has 16 nitrogen and oxygen atoms in total. The molecule has 0 bridgehead atoms. The maximum absolute atomic E-state index is 12.4. The number of rotatable bonds is 12. The number of hydrogen-bond acceptors (Lipinski definition) is 10. The maximum Gasteiger partial charge on any atom is 0.339 e. The molecule has 0 aliphatic carbocycles. The summed E-state index contributed by atoms with van der Waals surface area (Å²) >= 11 is 0. The molecule has 10 N–H and O–H groups in total. The number of anilines is 2. The Morgan fingerprint density at radius 3 is 1.43 bits per heavy atom. The number of methoxy groups -OCH3 is 2. The van der Waals surface area contributed by atoms with Gasteiger partial charge in [-0.2, -0.15) is 0 Å². The number of aromatic hydroxyl groups is 2. The van der Waals surface area contributed by atoms with Crippen LogP contribution in [0, 0.1) is 13.8 Å². The molecule has 2 heterocycles. The number of hydrogen-bond donors (Lipinski definition) is 6. The quantitative estimate of drug-likeness (QED) is 0.0825. The van der Waals surface area contributed by atoms with Gasteiger partial charge in [-0.3, -0.25) is 9.59 Å². The van der Waals surface area contributed by atoms with E-state index >= 15 is 0 Å². The molecule has 0 spiro atoms. The first-order valence-electron chi connectivity index (χ1n) is 16.9.